The zero-order valence-corrected chi connectivity index (χ0v) is 21.0. The van der Waals surface area contributed by atoms with Gasteiger partial charge in [0.1, 0.15) is 6.54 Å². The second kappa shape index (κ2) is 10.2. The Hall–Kier alpha value is -3.92. The number of anilines is 2. The van der Waals surface area contributed by atoms with Crippen molar-refractivity contribution in [1.29, 1.82) is 0 Å². The molecule has 0 radical (unpaired) electrons. The lowest BCUT2D eigenvalue weighted by Crippen LogP contribution is -2.67. The molecular weight excluding hydrogens is 474 g/mol. The average molecular weight is 506 g/mol. The highest BCUT2D eigenvalue weighted by Gasteiger charge is 2.55. The van der Waals surface area contributed by atoms with Crippen molar-refractivity contribution in [1.82, 2.24) is 15.2 Å². The highest BCUT2D eigenvalue weighted by atomic mass is 16.8. The molecule has 0 bridgehead atoms. The first kappa shape index (κ1) is 24.8. The lowest BCUT2D eigenvalue weighted by Gasteiger charge is -2.48. The van der Waals surface area contributed by atoms with E-state index in [2.05, 4.69) is 24.1 Å². The Morgan fingerprint density at radius 3 is 2.46 bits per heavy atom. The molecule has 10 heteroatoms. The number of aromatic nitrogens is 1. The van der Waals surface area contributed by atoms with Gasteiger partial charge >= 0.3 is 23.9 Å². The van der Waals surface area contributed by atoms with Crippen LogP contribution in [0.3, 0.4) is 0 Å². The third-order valence-corrected chi connectivity index (χ3v) is 6.61. The third-order valence-electron chi connectivity index (χ3n) is 6.61. The Labute approximate surface area is 215 Å². The van der Waals surface area contributed by atoms with Gasteiger partial charge in [-0.05, 0) is 43.1 Å². The average Bonchev–Trinajstić information content (AvgIpc) is 3.30. The number of benzene rings is 1. The molecule has 194 valence electrons. The van der Waals surface area contributed by atoms with E-state index in [0.717, 1.165) is 36.5 Å². The van der Waals surface area contributed by atoms with Crippen LogP contribution >= 0.6 is 0 Å². The number of hydrogen-bond donors (Lipinski definition) is 1. The Kier molecular flexibility index (Phi) is 6.84. The summed E-state index contributed by atoms with van der Waals surface area (Å²) in [4.78, 5) is 48.7. The molecule has 0 aliphatic carbocycles. The number of rotatable bonds is 5. The number of carbonyl (C=O) groups excluding carboxylic acids is 3. The van der Waals surface area contributed by atoms with Crippen LogP contribution in [0.15, 0.2) is 60.8 Å². The van der Waals surface area contributed by atoms with Gasteiger partial charge in [0.2, 0.25) is 0 Å². The van der Waals surface area contributed by atoms with E-state index in [4.69, 9.17) is 9.47 Å². The molecule has 5 rings (SSSR count). The van der Waals surface area contributed by atoms with Crippen LogP contribution < -0.4 is 15.1 Å². The van der Waals surface area contributed by atoms with Gasteiger partial charge in [0, 0.05) is 37.5 Å². The van der Waals surface area contributed by atoms with Gasteiger partial charge in [0.25, 0.3) is 0 Å². The van der Waals surface area contributed by atoms with Gasteiger partial charge in [-0.15, -0.1) is 0 Å². The van der Waals surface area contributed by atoms with Crippen LogP contribution in [0.25, 0.3) is 0 Å². The minimum Gasteiger partial charge on any atom is -0.398 e. The molecule has 1 saturated heterocycles. The Balaban J connectivity index is 1.52. The second-order valence-corrected chi connectivity index (χ2v) is 9.91. The zero-order valence-electron chi connectivity index (χ0n) is 21.0. The molecule has 1 spiro atoms. The van der Waals surface area contributed by atoms with Crippen LogP contribution in [0.2, 0.25) is 0 Å². The van der Waals surface area contributed by atoms with Crippen LogP contribution in [0.4, 0.5) is 16.2 Å². The predicted molar refractivity (Wildman–Crippen MR) is 136 cm³/mol. The zero-order chi connectivity index (χ0) is 26.0. The summed E-state index contributed by atoms with van der Waals surface area (Å²) in [5.74, 6) is -3.02. The number of pyridine rings is 1. The van der Waals surface area contributed by atoms with E-state index in [1.165, 1.54) is 4.90 Å². The molecule has 1 N–H and O–H groups in total. The summed E-state index contributed by atoms with van der Waals surface area (Å²) in [5.41, 5.74) is 2.00. The van der Waals surface area contributed by atoms with Gasteiger partial charge in [0.15, 0.2) is 0 Å². The van der Waals surface area contributed by atoms with Crippen molar-refractivity contribution in [3.05, 3.63) is 66.5 Å². The summed E-state index contributed by atoms with van der Waals surface area (Å²) in [7, 11) is 0. The van der Waals surface area contributed by atoms with Crippen LogP contribution in [-0.2, 0) is 25.6 Å². The number of nitrogens with one attached hydrogen (secondary N) is 1. The fourth-order valence-corrected chi connectivity index (χ4v) is 4.92. The number of carbonyl (C=O) groups is 3. The molecule has 1 fully saturated rings. The van der Waals surface area contributed by atoms with Crippen LogP contribution in [0.1, 0.15) is 26.0 Å². The molecule has 3 aliphatic rings. The summed E-state index contributed by atoms with van der Waals surface area (Å²) >= 11 is 0. The van der Waals surface area contributed by atoms with Gasteiger partial charge in [-0.3, -0.25) is 4.98 Å². The maximum atomic E-state index is 14.1. The minimum absolute atomic E-state index is 0.0750. The highest BCUT2D eigenvalue weighted by Crippen LogP contribution is 2.43. The van der Waals surface area contributed by atoms with Crippen molar-refractivity contribution in [2.24, 2.45) is 5.92 Å². The Bertz CT molecular complexity index is 1180. The van der Waals surface area contributed by atoms with Crippen LogP contribution in [-0.4, -0.2) is 66.0 Å². The standard InChI is InChI=1S/C27H31N5O5/c1-19(2)15-29-21-12-14-30(16-21)26(35)32-23-9-4-3-8-22(23)31(17-20-7-5-6-13-28-20)18-27(32)36-24(33)10-11-25(34)37-27/h3-11,13,19,21,29H,12,14-18H2,1-2H3/t21-/m0/s1. The van der Waals surface area contributed by atoms with Crippen molar-refractivity contribution < 1.29 is 23.9 Å². The number of likely N-dealkylation sites (tertiary alicyclic amines) is 1. The second-order valence-electron chi connectivity index (χ2n) is 9.91. The van der Waals surface area contributed by atoms with E-state index < -0.39 is 17.8 Å². The largest absolute Gasteiger partial charge is 0.398 e. The number of para-hydroxylation sites is 2. The predicted octanol–water partition coefficient (Wildman–Crippen LogP) is 2.66. The van der Waals surface area contributed by atoms with Gasteiger partial charge in [-0.25, -0.2) is 19.3 Å². The SMILES string of the molecule is CC(C)CN[C@H]1CCN(C(=O)N2c3ccccc3N(Cc3ccccn3)CC23OC(=O)C=CC(=O)O3)C1. The first-order valence-electron chi connectivity index (χ1n) is 12.5. The Morgan fingerprint density at radius 2 is 1.78 bits per heavy atom. The summed E-state index contributed by atoms with van der Waals surface area (Å²) in [6.07, 6.45) is 4.54. The van der Waals surface area contributed by atoms with Crippen molar-refractivity contribution in [3.8, 4) is 0 Å². The summed E-state index contributed by atoms with van der Waals surface area (Å²) in [5, 5.41) is 3.51. The maximum absolute atomic E-state index is 14.1. The number of hydrogen-bond acceptors (Lipinski definition) is 8. The summed E-state index contributed by atoms with van der Waals surface area (Å²) < 4.78 is 11.5. The lowest BCUT2D eigenvalue weighted by atomic mass is 10.1. The van der Waals surface area contributed by atoms with Crippen molar-refractivity contribution in [3.63, 3.8) is 0 Å². The van der Waals surface area contributed by atoms with E-state index in [-0.39, 0.29) is 18.6 Å². The molecule has 10 nitrogen and oxygen atoms in total. The number of urea groups is 1. The van der Waals surface area contributed by atoms with Crippen molar-refractivity contribution in [2.45, 2.75) is 38.8 Å². The van der Waals surface area contributed by atoms with Crippen LogP contribution in [0.5, 0.6) is 0 Å². The molecule has 1 aromatic heterocycles. The van der Waals surface area contributed by atoms with Gasteiger partial charge in [0.05, 0.1) is 23.6 Å². The highest BCUT2D eigenvalue weighted by molar-refractivity contribution is 6.01. The number of fused-ring (bicyclic) bond motifs is 1. The molecule has 4 heterocycles. The minimum atomic E-state index is -1.98. The summed E-state index contributed by atoms with van der Waals surface area (Å²) in [6, 6.07) is 12.7. The molecule has 2 amide bonds. The number of amides is 2. The smallest absolute Gasteiger partial charge is 0.369 e. The number of ether oxygens (including phenoxy) is 2. The first-order valence-corrected chi connectivity index (χ1v) is 12.5. The quantitative estimate of drug-likeness (QED) is 0.619. The molecule has 37 heavy (non-hydrogen) atoms. The Morgan fingerprint density at radius 1 is 1.08 bits per heavy atom. The van der Waals surface area contributed by atoms with Crippen molar-refractivity contribution in [2.75, 3.05) is 36.0 Å². The van der Waals surface area contributed by atoms with E-state index >= 15 is 0 Å². The van der Waals surface area contributed by atoms with E-state index in [0.29, 0.717) is 31.2 Å². The summed E-state index contributed by atoms with van der Waals surface area (Å²) in [6.45, 7) is 6.44. The van der Waals surface area contributed by atoms with Gasteiger partial charge in [-0.1, -0.05) is 32.0 Å². The normalized spacial score (nSPS) is 20.6. The molecule has 1 atom stereocenters. The van der Waals surface area contributed by atoms with Gasteiger partial charge < -0.3 is 24.6 Å². The fourth-order valence-electron chi connectivity index (χ4n) is 4.92. The fraction of sp³-hybridized carbons (Fsp3) is 0.407. The number of esters is 2. The monoisotopic (exact) mass is 505 g/mol. The third kappa shape index (κ3) is 5.15. The van der Waals surface area contributed by atoms with E-state index in [1.807, 2.05) is 35.2 Å². The molecule has 0 saturated carbocycles. The van der Waals surface area contributed by atoms with E-state index in [9.17, 15) is 14.4 Å². The molecule has 0 unspecified atom stereocenters. The van der Waals surface area contributed by atoms with Gasteiger partial charge in [-0.2, -0.15) is 0 Å². The molecule has 3 aliphatic heterocycles. The maximum Gasteiger partial charge on any atom is 0.369 e. The lowest BCUT2D eigenvalue weighted by molar-refractivity contribution is -0.215. The number of nitrogens with zero attached hydrogens (tertiary/aromatic N) is 4. The van der Waals surface area contributed by atoms with Crippen LogP contribution in [0, 0.1) is 5.92 Å². The first-order chi connectivity index (χ1) is 17.8. The molecular formula is C27H31N5O5. The molecule has 2 aromatic rings. The van der Waals surface area contributed by atoms with Crippen molar-refractivity contribution >= 4 is 29.3 Å². The van der Waals surface area contributed by atoms with E-state index in [1.54, 1.807) is 23.2 Å². The molecule has 1 aromatic carbocycles. The topological polar surface area (TPSA) is 104 Å².